The Labute approximate surface area is 97.2 Å². The van der Waals surface area contributed by atoms with Crippen molar-refractivity contribution < 1.29 is 4.79 Å². The van der Waals surface area contributed by atoms with E-state index in [1.807, 2.05) is 6.07 Å². The van der Waals surface area contributed by atoms with Gasteiger partial charge in [0.05, 0.1) is 4.34 Å². The van der Waals surface area contributed by atoms with Gasteiger partial charge in [-0.15, -0.1) is 11.3 Å². The summed E-state index contributed by atoms with van der Waals surface area (Å²) in [6.45, 7) is 0. The van der Waals surface area contributed by atoms with Gasteiger partial charge >= 0.3 is 0 Å². The molecule has 0 atom stereocenters. The Bertz CT molecular complexity index is 443. The average Bonchev–Trinajstić information content (AvgIpc) is 2.59. The molecule has 0 aliphatic carbocycles. The molecular weight excluding hydrogens is 232 g/mol. The molecule has 0 bridgehead atoms. The fourth-order valence-electron chi connectivity index (χ4n) is 0.931. The first-order valence-corrected chi connectivity index (χ1v) is 5.33. The minimum absolute atomic E-state index is 0.110. The van der Waals surface area contributed by atoms with Gasteiger partial charge < -0.3 is 4.90 Å². The first-order chi connectivity index (χ1) is 7.04. The van der Waals surface area contributed by atoms with Crippen LogP contribution in [-0.4, -0.2) is 24.9 Å². The quantitative estimate of drug-likeness (QED) is 0.589. The lowest BCUT2D eigenvalue weighted by Crippen LogP contribution is -2.22. The summed E-state index contributed by atoms with van der Waals surface area (Å²) < 4.78 is 0.635. The zero-order valence-corrected chi connectivity index (χ0v) is 9.89. The molecule has 15 heavy (non-hydrogen) atoms. The Balaban J connectivity index is 2.99. The summed E-state index contributed by atoms with van der Waals surface area (Å²) in [5, 5.41) is 8.82. The van der Waals surface area contributed by atoms with Gasteiger partial charge in [-0.05, 0) is 18.2 Å². The molecule has 0 saturated heterocycles. The molecule has 1 heterocycles. The summed E-state index contributed by atoms with van der Waals surface area (Å²) in [4.78, 5) is 13.7. The molecule has 5 heteroatoms. The first kappa shape index (κ1) is 11.8. The molecule has 3 nitrogen and oxygen atoms in total. The van der Waals surface area contributed by atoms with Crippen LogP contribution in [0, 0.1) is 11.3 Å². The fourth-order valence-corrected chi connectivity index (χ4v) is 1.94. The first-order valence-electron chi connectivity index (χ1n) is 4.13. The van der Waals surface area contributed by atoms with Crippen molar-refractivity contribution >= 4 is 34.9 Å². The number of carbonyl (C=O) groups excluding carboxylic acids is 1. The molecule has 0 radical (unpaired) electrons. The highest BCUT2D eigenvalue weighted by molar-refractivity contribution is 7.17. The zero-order chi connectivity index (χ0) is 11.4. The highest BCUT2D eigenvalue weighted by Gasteiger charge is 2.11. The second-order valence-corrected chi connectivity index (χ2v) is 4.76. The van der Waals surface area contributed by atoms with Crippen LogP contribution in [0.3, 0.4) is 0 Å². The summed E-state index contributed by atoms with van der Waals surface area (Å²) in [7, 11) is 3.21. The summed E-state index contributed by atoms with van der Waals surface area (Å²) in [6.07, 6.45) is 1.54. The summed E-state index contributed by atoms with van der Waals surface area (Å²) in [6, 6.07) is 5.37. The van der Waals surface area contributed by atoms with Crippen molar-refractivity contribution in [3.05, 3.63) is 26.9 Å². The van der Waals surface area contributed by atoms with E-state index < -0.39 is 0 Å². The number of carbonyl (C=O) groups is 1. The third kappa shape index (κ3) is 3.08. The van der Waals surface area contributed by atoms with Crippen molar-refractivity contribution in [3.63, 3.8) is 0 Å². The van der Waals surface area contributed by atoms with Crippen LogP contribution >= 0.6 is 22.9 Å². The maximum atomic E-state index is 11.5. The van der Waals surface area contributed by atoms with Crippen LogP contribution in [0.2, 0.25) is 4.34 Å². The number of rotatable bonds is 2. The number of halogens is 1. The maximum absolute atomic E-state index is 11.5. The van der Waals surface area contributed by atoms with E-state index in [4.69, 9.17) is 16.9 Å². The lowest BCUT2D eigenvalue weighted by molar-refractivity contribution is -0.124. The van der Waals surface area contributed by atoms with Crippen LogP contribution in [0.15, 0.2) is 17.7 Å². The van der Waals surface area contributed by atoms with Gasteiger partial charge in [0.1, 0.15) is 11.6 Å². The Morgan fingerprint density at radius 3 is 2.67 bits per heavy atom. The second-order valence-electron chi connectivity index (χ2n) is 3.01. The number of hydrogen-bond donors (Lipinski definition) is 0. The molecule has 1 aromatic heterocycles. The standard InChI is InChI=1S/C10H9ClN2OS/c1-13(2)10(14)7(6-12)5-8-3-4-9(11)15-8/h3-5H,1-2H3/b7-5-. The third-order valence-electron chi connectivity index (χ3n) is 1.64. The van der Waals surface area contributed by atoms with Crippen LogP contribution in [0.1, 0.15) is 4.88 Å². The van der Waals surface area contributed by atoms with Crippen LogP contribution in [0.25, 0.3) is 6.08 Å². The van der Waals surface area contributed by atoms with Gasteiger partial charge in [0.2, 0.25) is 0 Å². The van der Waals surface area contributed by atoms with E-state index in [-0.39, 0.29) is 11.5 Å². The van der Waals surface area contributed by atoms with Crippen LogP contribution in [0.5, 0.6) is 0 Å². The van der Waals surface area contributed by atoms with Crippen molar-refractivity contribution in [1.29, 1.82) is 5.26 Å². The summed E-state index contributed by atoms with van der Waals surface area (Å²) >= 11 is 7.07. The number of nitrogens with zero attached hydrogens (tertiary/aromatic N) is 2. The lowest BCUT2D eigenvalue weighted by atomic mass is 10.2. The maximum Gasteiger partial charge on any atom is 0.264 e. The molecule has 0 fully saturated rings. The predicted octanol–water partition coefficient (Wildman–Crippen LogP) is 2.40. The largest absolute Gasteiger partial charge is 0.344 e. The molecule has 0 aliphatic heterocycles. The molecule has 0 spiro atoms. The molecule has 0 unspecified atom stereocenters. The van der Waals surface area contributed by atoms with E-state index in [1.165, 1.54) is 16.2 Å². The number of thiophene rings is 1. The summed E-state index contributed by atoms with van der Waals surface area (Å²) in [5.41, 5.74) is 0.110. The molecule has 0 aromatic carbocycles. The molecule has 1 amide bonds. The van der Waals surface area contributed by atoms with E-state index in [9.17, 15) is 4.79 Å². The minimum Gasteiger partial charge on any atom is -0.344 e. The fraction of sp³-hybridized carbons (Fsp3) is 0.200. The molecule has 78 valence electrons. The number of amides is 1. The van der Waals surface area contributed by atoms with Gasteiger partial charge in [-0.2, -0.15) is 5.26 Å². The molecule has 1 aromatic rings. The van der Waals surface area contributed by atoms with Gasteiger partial charge in [0, 0.05) is 19.0 Å². The van der Waals surface area contributed by atoms with Crippen LogP contribution in [-0.2, 0) is 4.79 Å². The number of hydrogen-bond acceptors (Lipinski definition) is 3. The molecular formula is C10H9ClN2OS. The third-order valence-corrected chi connectivity index (χ3v) is 2.82. The smallest absolute Gasteiger partial charge is 0.264 e. The monoisotopic (exact) mass is 240 g/mol. The Morgan fingerprint density at radius 2 is 2.27 bits per heavy atom. The Hall–Kier alpha value is -1.31. The molecule has 0 N–H and O–H groups in total. The van der Waals surface area contributed by atoms with Crippen molar-refractivity contribution in [3.8, 4) is 6.07 Å². The number of nitriles is 1. The van der Waals surface area contributed by atoms with Crippen molar-refractivity contribution in [1.82, 2.24) is 4.90 Å². The zero-order valence-electron chi connectivity index (χ0n) is 8.32. The molecule has 0 saturated carbocycles. The highest BCUT2D eigenvalue weighted by Crippen LogP contribution is 2.23. The van der Waals surface area contributed by atoms with Gasteiger partial charge in [0.15, 0.2) is 0 Å². The molecule has 0 aliphatic rings. The topological polar surface area (TPSA) is 44.1 Å². The lowest BCUT2D eigenvalue weighted by Gasteiger charge is -2.07. The van der Waals surface area contributed by atoms with Crippen molar-refractivity contribution in [2.75, 3.05) is 14.1 Å². The van der Waals surface area contributed by atoms with Gasteiger partial charge in [-0.3, -0.25) is 4.79 Å². The average molecular weight is 241 g/mol. The summed E-state index contributed by atoms with van der Waals surface area (Å²) in [5.74, 6) is -0.304. The SMILES string of the molecule is CN(C)C(=O)/C(C#N)=C\c1ccc(Cl)s1. The minimum atomic E-state index is -0.304. The van der Waals surface area contributed by atoms with E-state index in [0.29, 0.717) is 4.34 Å². The van der Waals surface area contributed by atoms with Crippen LogP contribution in [0.4, 0.5) is 0 Å². The van der Waals surface area contributed by atoms with E-state index in [2.05, 4.69) is 0 Å². The normalized spacial score (nSPS) is 10.9. The van der Waals surface area contributed by atoms with E-state index >= 15 is 0 Å². The highest BCUT2D eigenvalue weighted by atomic mass is 35.5. The Kier molecular flexibility index (Phi) is 3.89. The number of likely N-dealkylation sites (N-methyl/N-ethyl adjacent to an activating group) is 1. The van der Waals surface area contributed by atoms with Gasteiger partial charge in [0.25, 0.3) is 5.91 Å². The predicted molar refractivity (Wildman–Crippen MR) is 61.6 cm³/mol. The van der Waals surface area contributed by atoms with E-state index in [0.717, 1.165) is 4.88 Å². The van der Waals surface area contributed by atoms with Gasteiger partial charge in [-0.25, -0.2) is 0 Å². The van der Waals surface area contributed by atoms with Gasteiger partial charge in [-0.1, -0.05) is 11.6 Å². The van der Waals surface area contributed by atoms with E-state index in [1.54, 1.807) is 32.3 Å². The molecule has 1 rings (SSSR count). The van der Waals surface area contributed by atoms with Crippen LogP contribution < -0.4 is 0 Å². The van der Waals surface area contributed by atoms with Crippen molar-refractivity contribution in [2.45, 2.75) is 0 Å². The second kappa shape index (κ2) is 4.96. The Morgan fingerprint density at radius 1 is 1.60 bits per heavy atom. The van der Waals surface area contributed by atoms with Crippen molar-refractivity contribution in [2.24, 2.45) is 0 Å².